The third kappa shape index (κ3) is 4.29. The molecule has 0 aliphatic rings. The summed E-state index contributed by atoms with van der Waals surface area (Å²) in [7, 11) is -1.61. The molecule has 1 atom stereocenters. The molecule has 0 saturated carbocycles. The van der Waals surface area contributed by atoms with E-state index in [2.05, 4.69) is 38.7 Å². The molecule has 1 aromatic carbocycles. The standard InChI is InChI=1S/C13H20O2Si/c1-11-5-7-12(8-6-11)13(9-10-14)15-16(2,3)4/h5-8,10,13H,9H2,1-4H3. The number of aldehydes is 1. The molecule has 0 amide bonds. The summed E-state index contributed by atoms with van der Waals surface area (Å²) in [6.07, 6.45) is 1.29. The molecule has 0 fully saturated rings. The van der Waals surface area contributed by atoms with Gasteiger partial charge in [0, 0.05) is 6.42 Å². The maximum atomic E-state index is 10.7. The van der Waals surface area contributed by atoms with Crippen LogP contribution in [0.5, 0.6) is 0 Å². The lowest BCUT2D eigenvalue weighted by molar-refractivity contribution is -0.109. The Morgan fingerprint density at radius 3 is 2.25 bits per heavy atom. The van der Waals surface area contributed by atoms with Crippen LogP contribution in [0, 0.1) is 6.92 Å². The second kappa shape index (κ2) is 5.41. The molecule has 2 nitrogen and oxygen atoms in total. The van der Waals surface area contributed by atoms with Crippen LogP contribution in [-0.4, -0.2) is 14.6 Å². The second-order valence-electron chi connectivity index (χ2n) is 5.03. The number of aryl methyl sites for hydroxylation is 1. The Hall–Kier alpha value is -0.933. The number of carbonyl (C=O) groups is 1. The van der Waals surface area contributed by atoms with Gasteiger partial charge in [0.25, 0.3) is 0 Å². The van der Waals surface area contributed by atoms with E-state index in [4.69, 9.17) is 4.43 Å². The minimum Gasteiger partial charge on any atom is -0.410 e. The summed E-state index contributed by atoms with van der Waals surface area (Å²) in [5, 5.41) is 0. The van der Waals surface area contributed by atoms with Crippen LogP contribution in [-0.2, 0) is 9.22 Å². The zero-order valence-corrected chi connectivity index (χ0v) is 11.5. The Kier molecular flexibility index (Phi) is 4.44. The quantitative estimate of drug-likeness (QED) is 0.578. The van der Waals surface area contributed by atoms with Crippen molar-refractivity contribution in [2.24, 2.45) is 0 Å². The lowest BCUT2D eigenvalue weighted by Gasteiger charge is -2.25. The first-order valence-corrected chi connectivity index (χ1v) is 9.01. The van der Waals surface area contributed by atoms with E-state index in [9.17, 15) is 4.79 Å². The molecular formula is C13H20O2Si. The normalized spacial score (nSPS) is 13.5. The van der Waals surface area contributed by atoms with Crippen molar-refractivity contribution in [3.8, 4) is 0 Å². The molecule has 0 aromatic heterocycles. The highest BCUT2D eigenvalue weighted by Crippen LogP contribution is 2.24. The van der Waals surface area contributed by atoms with Crippen LogP contribution in [0.4, 0.5) is 0 Å². The first-order valence-electron chi connectivity index (χ1n) is 5.60. The van der Waals surface area contributed by atoms with Crippen molar-refractivity contribution in [3.05, 3.63) is 35.4 Å². The number of rotatable bonds is 5. The Bertz CT molecular complexity index is 338. The molecule has 16 heavy (non-hydrogen) atoms. The molecular weight excluding hydrogens is 216 g/mol. The van der Waals surface area contributed by atoms with Crippen LogP contribution >= 0.6 is 0 Å². The molecule has 0 heterocycles. The number of hydrogen-bond donors (Lipinski definition) is 0. The average Bonchev–Trinajstić information content (AvgIpc) is 2.16. The van der Waals surface area contributed by atoms with Gasteiger partial charge in [-0.2, -0.15) is 0 Å². The van der Waals surface area contributed by atoms with Gasteiger partial charge in [-0.3, -0.25) is 0 Å². The Morgan fingerprint density at radius 1 is 1.25 bits per heavy atom. The zero-order valence-electron chi connectivity index (χ0n) is 10.5. The maximum absolute atomic E-state index is 10.7. The summed E-state index contributed by atoms with van der Waals surface area (Å²) in [5.41, 5.74) is 2.32. The van der Waals surface area contributed by atoms with Crippen LogP contribution in [0.15, 0.2) is 24.3 Å². The van der Waals surface area contributed by atoms with E-state index in [0.717, 1.165) is 11.8 Å². The van der Waals surface area contributed by atoms with Crippen molar-refractivity contribution >= 4 is 14.6 Å². The number of benzene rings is 1. The molecule has 0 aliphatic heterocycles. The minimum absolute atomic E-state index is 0.0789. The number of hydrogen-bond acceptors (Lipinski definition) is 2. The third-order valence-corrected chi connectivity index (χ3v) is 3.25. The van der Waals surface area contributed by atoms with Crippen LogP contribution in [0.2, 0.25) is 19.6 Å². The van der Waals surface area contributed by atoms with Gasteiger partial charge in [0.2, 0.25) is 0 Å². The molecule has 0 N–H and O–H groups in total. The molecule has 1 unspecified atom stereocenters. The summed E-state index contributed by atoms with van der Waals surface area (Å²) in [6.45, 7) is 8.47. The van der Waals surface area contributed by atoms with Gasteiger partial charge in [0.05, 0.1) is 6.10 Å². The minimum atomic E-state index is -1.61. The predicted octanol–water partition coefficient (Wildman–Crippen LogP) is 3.48. The lowest BCUT2D eigenvalue weighted by atomic mass is 10.1. The first kappa shape index (κ1) is 13.1. The van der Waals surface area contributed by atoms with E-state index >= 15 is 0 Å². The Balaban J connectivity index is 2.84. The molecule has 1 aromatic rings. The van der Waals surface area contributed by atoms with Crippen LogP contribution in [0.3, 0.4) is 0 Å². The molecule has 0 saturated heterocycles. The molecule has 88 valence electrons. The van der Waals surface area contributed by atoms with Gasteiger partial charge < -0.3 is 9.22 Å². The van der Waals surface area contributed by atoms with Gasteiger partial charge >= 0.3 is 0 Å². The fourth-order valence-electron chi connectivity index (χ4n) is 1.55. The van der Waals surface area contributed by atoms with E-state index in [1.54, 1.807) is 0 Å². The maximum Gasteiger partial charge on any atom is 0.184 e. The fourth-order valence-corrected chi connectivity index (χ4v) is 2.63. The first-order chi connectivity index (χ1) is 7.42. The molecule has 0 spiro atoms. The Morgan fingerprint density at radius 2 is 1.81 bits per heavy atom. The monoisotopic (exact) mass is 236 g/mol. The summed E-state index contributed by atoms with van der Waals surface area (Å²) in [5.74, 6) is 0. The highest BCUT2D eigenvalue weighted by Gasteiger charge is 2.21. The van der Waals surface area contributed by atoms with Gasteiger partial charge in [-0.1, -0.05) is 29.8 Å². The van der Waals surface area contributed by atoms with Crippen LogP contribution in [0.25, 0.3) is 0 Å². The summed E-state index contributed by atoms with van der Waals surface area (Å²) < 4.78 is 6.01. The molecule has 0 radical (unpaired) electrons. The predicted molar refractivity (Wildman–Crippen MR) is 69.0 cm³/mol. The van der Waals surface area contributed by atoms with Gasteiger partial charge in [-0.05, 0) is 32.1 Å². The van der Waals surface area contributed by atoms with Gasteiger partial charge in [-0.25, -0.2) is 0 Å². The largest absolute Gasteiger partial charge is 0.410 e. The van der Waals surface area contributed by atoms with Crippen molar-refractivity contribution in [1.29, 1.82) is 0 Å². The van der Waals surface area contributed by atoms with Crippen molar-refractivity contribution in [1.82, 2.24) is 0 Å². The second-order valence-corrected chi connectivity index (χ2v) is 9.49. The summed E-state index contributed by atoms with van der Waals surface area (Å²) >= 11 is 0. The van der Waals surface area contributed by atoms with Gasteiger partial charge in [0.1, 0.15) is 6.29 Å². The van der Waals surface area contributed by atoms with Gasteiger partial charge in [-0.15, -0.1) is 0 Å². The van der Waals surface area contributed by atoms with E-state index in [-0.39, 0.29) is 6.10 Å². The highest BCUT2D eigenvalue weighted by molar-refractivity contribution is 6.69. The molecule has 3 heteroatoms. The van der Waals surface area contributed by atoms with Crippen molar-refractivity contribution in [3.63, 3.8) is 0 Å². The van der Waals surface area contributed by atoms with Crippen LogP contribution in [0.1, 0.15) is 23.7 Å². The number of carbonyl (C=O) groups excluding carboxylic acids is 1. The molecule has 0 aliphatic carbocycles. The van der Waals surface area contributed by atoms with Gasteiger partial charge in [0.15, 0.2) is 8.32 Å². The SMILES string of the molecule is Cc1ccc(C(CC=O)O[Si](C)(C)C)cc1. The van der Waals surface area contributed by atoms with Crippen molar-refractivity contribution in [2.75, 3.05) is 0 Å². The summed E-state index contributed by atoms with van der Waals surface area (Å²) in [4.78, 5) is 10.7. The van der Waals surface area contributed by atoms with E-state index in [1.165, 1.54) is 5.56 Å². The van der Waals surface area contributed by atoms with E-state index in [1.807, 2.05) is 12.1 Å². The zero-order chi connectivity index (χ0) is 12.2. The highest BCUT2D eigenvalue weighted by atomic mass is 28.4. The van der Waals surface area contributed by atoms with Crippen molar-refractivity contribution < 1.29 is 9.22 Å². The smallest absolute Gasteiger partial charge is 0.184 e. The van der Waals surface area contributed by atoms with E-state index < -0.39 is 8.32 Å². The lowest BCUT2D eigenvalue weighted by Crippen LogP contribution is -2.28. The molecule has 0 bridgehead atoms. The fraction of sp³-hybridized carbons (Fsp3) is 0.462. The average molecular weight is 236 g/mol. The Labute approximate surface area is 98.8 Å². The van der Waals surface area contributed by atoms with E-state index in [0.29, 0.717) is 6.42 Å². The topological polar surface area (TPSA) is 26.3 Å². The van der Waals surface area contributed by atoms with Crippen LogP contribution < -0.4 is 0 Å². The van der Waals surface area contributed by atoms with Crippen molar-refractivity contribution in [2.45, 2.75) is 39.1 Å². The molecule has 1 rings (SSSR count). The summed E-state index contributed by atoms with van der Waals surface area (Å²) in [6, 6.07) is 8.20. The third-order valence-electron chi connectivity index (χ3n) is 2.26.